The number of hydrogen-bond acceptors (Lipinski definition) is 5. The first kappa shape index (κ1) is 20.7. The van der Waals surface area contributed by atoms with Crippen molar-refractivity contribution in [2.45, 2.75) is 31.6 Å². The molecule has 28 heavy (non-hydrogen) atoms. The Hall–Kier alpha value is -2.03. The van der Waals surface area contributed by atoms with Gasteiger partial charge in [-0.1, -0.05) is 26.0 Å². The number of ketones is 1. The normalized spacial score (nSPS) is 15.8. The fourth-order valence-electron chi connectivity index (χ4n) is 3.23. The van der Waals surface area contributed by atoms with Crippen LogP contribution in [0.5, 0.6) is 0 Å². The zero-order chi connectivity index (χ0) is 20.5. The van der Waals surface area contributed by atoms with E-state index in [-0.39, 0.29) is 35.6 Å². The first-order valence-corrected chi connectivity index (χ1v) is 11.5. The SMILES string of the molecule is CC(=O)c1ccc(S(=O)(=O)N2CCN(C(=O)c3sccc3C(C)C)CC2)cc1. The molecule has 1 fully saturated rings. The molecule has 0 N–H and O–H groups in total. The summed E-state index contributed by atoms with van der Waals surface area (Å²) < 4.78 is 27.1. The van der Waals surface area contributed by atoms with Gasteiger partial charge in [0.25, 0.3) is 5.91 Å². The number of carbonyl (C=O) groups excluding carboxylic acids is 2. The topological polar surface area (TPSA) is 74.8 Å². The lowest BCUT2D eigenvalue weighted by Crippen LogP contribution is -2.50. The number of carbonyl (C=O) groups is 2. The molecule has 1 aromatic heterocycles. The van der Waals surface area contributed by atoms with E-state index in [4.69, 9.17) is 0 Å². The number of benzene rings is 1. The van der Waals surface area contributed by atoms with Crippen molar-refractivity contribution in [2.24, 2.45) is 0 Å². The summed E-state index contributed by atoms with van der Waals surface area (Å²) >= 11 is 1.44. The predicted octanol–water partition coefficient (Wildman–Crippen LogP) is 3.22. The van der Waals surface area contributed by atoms with E-state index in [9.17, 15) is 18.0 Å². The Bertz CT molecular complexity index is 970. The molecule has 150 valence electrons. The van der Waals surface area contributed by atoms with Crippen molar-refractivity contribution in [3.63, 3.8) is 0 Å². The lowest BCUT2D eigenvalue weighted by Gasteiger charge is -2.34. The molecule has 0 unspecified atom stereocenters. The van der Waals surface area contributed by atoms with Crippen LogP contribution in [0.15, 0.2) is 40.6 Å². The van der Waals surface area contributed by atoms with Crippen molar-refractivity contribution in [2.75, 3.05) is 26.2 Å². The molecule has 2 aromatic rings. The van der Waals surface area contributed by atoms with Crippen LogP contribution >= 0.6 is 11.3 Å². The summed E-state index contributed by atoms with van der Waals surface area (Å²) in [5.41, 5.74) is 1.52. The van der Waals surface area contributed by atoms with Crippen LogP contribution in [0.25, 0.3) is 0 Å². The lowest BCUT2D eigenvalue weighted by molar-refractivity contribution is 0.0701. The monoisotopic (exact) mass is 420 g/mol. The summed E-state index contributed by atoms with van der Waals surface area (Å²) in [6.45, 7) is 6.79. The fourth-order valence-corrected chi connectivity index (χ4v) is 5.68. The lowest BCUT2D eigenvalue weighted by atomic mass is 10.0. The highest BCUT2D eigenvalue weighted by molar-refractivity contribution is 7.89. The Kier molecular flexibility index (Phi) is 6.02. The molecule has 0 spiro atoms. The first-order valence-electron chi connectivity index (χ1n) is 9.19. The fraction of sp³-hybridized carbons (Fsp3) is 0.400. The molecule has 3 rings (SSSR count). The molecule has 1 amide bonds. The van der Waals surface area contributed by atoms with Crippen molar-refractivity contribution < 1.29 is 18.0 Å². The van der Waals surface area contributed by atoms with Gasteiger partial charge in [-0.2, -0.15) is 4.31 Å². The number of rotatable bonds is 5. The maximum Gasteiger partial charge on any atom is 0.264 e. The maximum atomic E-state index is 12.9. The molecule has 2 heterocycles. The van der Waals surface area contributed by atoms with Crippen molar-refractivity contribution in [1.29, 1.82) is 0 Å². The summed E-state index contributed by atoms with van der Waals surface area (Å²) in [5.74, 6) is 0.136. The van der Waals surface area contributed by atoms with Gasteiger partial charge in [0, 0.05) is 31.7 Å². The average molecular weight is 421 g/mol. The van der Waals surface area contributed by atoms with Crippen LogP contribution in [0.3, 0.4) is 0 Å². The van der Waals surface area contributed by atoms with Gasteiger partial charge in [-0.15, -0.1) is 11.3 Å². The Labute approximate surface area is 169 Å². The van der Waals surface area contributed by atoms with E-state index in [0.717, 1.165) is 10.4 Å². The zero-order valence-corrected chi connectivity index (χ0v) is 17.8. The van der Waals surface area contributed by atoms with Crippen LogP contribution in [-0.2, 0) is 10.0 Å². The van der Waals surface area contributed by atoms with Gasteiger partial charge in [-0.05, 0) is 42.0 Å². The molecule has 1 saturated heterocycles. The van der Waals surface area contributed by atoms with Gasteiger partial charge in [-0.25, -0.2) is 8.42 Å². The van der Waals surface area contributed by atoms with Crippen LogP contribution in [0.4, 0.5) is 0 Å². The molecule has 0 atom stereocenters. The summed E-state index contributed by atoms with van der Waals surface area (Å²) in [4.78, 5) is 26.9. The highest BCUT2D eigenvalue weighted by atomic mass is 32.2. The van der Waals surface area contributed by atoms with Crippen LogP contribution in [0, 0.1) is 0 Å². The van der Waals surface area contributed by atoms with Crippen LogP contribution in [0.1, 0.15) is 52.3 Å². The molecule has 1 aromatic carbocycles. The molecule has 6 nitrogen and oxygen atoms in total. The summed E-state index contributed by atoms with van der Waals surface area (Å²) in [6.07, 6.45) is 0. The number of Topliss-reactive ketones (excluding diaryl/α,β-unsaturated/α-hetero) is 1. The van der Waals surface area contributed by atoms with Crippen molar-refractivity contribution >= 4 is 33.1 Å². The third-order valence-corrected chi connectivity index (χ3v) is 7.77. The molecule has 0 saturated carbocycles. The first-order chi connectivity index (χ1) is 13.2. The van der Waals surface area contributed by atoms with Gasteiger partial charge >= 0.3 is 0 Å². The van der Waals surface area contributed by atoms with Crippen molar-refractivity contribution in [3.8, 4) is 0 Å². The van der Waals surface area contributed by atoms with E-state index in [0.29, 0.717) is 18.7 Å². The molecule has 0 aliphatic carbocycles. The summed E-state index contributed by atoms with van der Waals surface area (Å²) in [6, 6.07) is 7.96. The second kappa shape index (κ2) is 8.14. The molecule has 1 aliphatic rings. The highest BCUT2D eigenvalue weighted by Gasteiger charge is 2.31. The van der Waals surface area contributed by atoms with E-state index in [2.05, 4.69) is 13.8 Å². The van der Waals surface area contributed by atoms with E-state index in [1.54, 1.807) is 4.90 Å². The van der Waals surface area contributed by atoms with Crippen LogP contribution in [-0.4, -0.2) is 55.5 Å². The third kappa shape index (κ3) is 4.04. The summed E-state index contributed by atoms with van der Waals surface area (Å²) in [7, 11) is -3.64. The van der Waals surface area contributed by atoms with E-state index < -0.39 is 10.0 Å². The maximum absolute atomic E-state index is 12.9. The second-order valence-electron chi connectivity index (χ2n) is 7.14. The number of amides is 1. The molecular formula is C20H24N2O4S2. The number of hydrogen-bond donors (Lipinski definition) is 0. The zero-order valence-electron chi connectivity index (χ0n) is 16.2. The Morgan fingerprint density at radius 1 is 1.00 bits per heavy atom. The van der Waals surface area contributed by atoms with Crippen LogP contribution in [0.2, 0.25) is 0 Å². The number of nitrogens with zero attached hydrogens (tertiary/aromatic N) is 2. The number of sulfonamides is 1. The van der Waals surface area contributed by atoms with Crippen molar-refractivity contribution in [3.05, 3.63) is 51.7 Å². The van der Waals surface area contributed by atoms with E-state index in [1.807, 2.05) is 11.4 Å². The molecule has 0 radical (unpaired) electrons. The smallest absolute Gasteiger partial charge is 0.264 e. The van der Waals surface area contributed by atoms with Gasteiger partial charge < -0.3 is 4.90 Å². The Balaban J connectivity index is 1.69. The quantitative estimate of drug-likeness (QED) is 0.696. The standard InChI is InChI=1S/C20H24N2O4S2/c1-14(2)18-8-13-27-19(18)20(24)21-9-11-22(12-10-21)28(25,26)17-6-4-16(5-7-17)15(3)23/h4-8,13-14H,9-12H2,1-3H3. The third-order valence-electron chi connectivity index (χ3n) is 4.94. The van der Waals surface area contributed by atoms with Crippen molar-refractivity contribution in [1.82, 2.24) is 9.21 Å². The van der Waals surface area contributed by atoms with Gasteiger partial charge in [0.05, 0.1) is 9.77 Å². The minimum Gasteiger partial charge on any atom is -0.335 e. The largest absolute Gasteiger partial charge is 0.335 e. The Morgan fingerprint density at radius 2 is 1.61 bits per heavy atom. The second-order valence-corrected chi connectivity index (χ2v) is 9.99. The molecular weight excluding hydrogens is 396 g/mol. The van der Waals surface area contributed by atoms with Gasteiger partial charge in [0.1, 0.15) is 0 Å². The highest BCUT2D eigenvalue weighted by Crippen LogP contribution is 2.27. The minimum absolute atomic E-state index is 0.0263. The van der Waals surface area contributed by atoms with Gasteiger partial charge in [-0.3, -0.25) is 9.59 Å². The number of piperazine rings is 1. The Morgan fingerprint density at radius 3 is 2.14 bits per heavy atom. The van der Waals surface area contributed by atoms with Crippen LogP contribution < -0.4 is 0 Å². The van der Waals surface area contributed by atoms with Gasteiger partial charge in [0.2, 0.25) is 10.0 Å². The molecule has 0 bridgehead atoms. The van der Waals surface area contributed by atoms with E-state index >= 15 is 0 Å². The summed E-state index contributed by atoms with van der Waals surface area (Å²) in [5, 5.41) is 1.92. The molecule has 1 aliphatic heterocycles. The number of thiophene rings is 1. The molecule has 8 heteroatoms. The average Bonchev–Trinajstić information content (AvgIpc) is 3.18. The van der Waals surface area contributed by atoms with E-state index in [1.165, 1.54) is 46.8 Å². The van der Waals surface area contributed by atoms with Gasteiger partial charge in [0.15, 0.2) is 5.78 Å². The predicted molar refractivity (Wildman–Crippen MR) is 110 cm³/mol. The minimum atomic E-state index is -3.64.